The van der Waals surface area contributed by atoms with Crippen LogP contribution in [0.4, 0.5) is 0 Å². The molecule has 4 unspecified atom stereocenters. The Labute approximate surface area is 94.0 Å². The molecule has 0 spiro atoms. The molecule has 2 heteroatoms. The largest absolute Gasteiger partial charge is 0.392 e. The van der Waals surface area contributed by atoms with Crippen molar-refractivity contribution in [2.24, 2.45) is 17.8 Å². The number of aliphatic hydroxyl groups excluding tert-OH is 1. The van der Waals surface area contributed by atoms with Crippen LogP contribution in [0.5, 0.6) is 0 Å². The first-order valence-electron chi connectivity index (χ1n) is 6.37. The van der Waals surface area contributed by atoms with Crippen molar-refractivity contribution in [3.63, 3.8) is 0 Å². The lowest BCUT2D eigenvalue weighted by molar-refractivity contribution is -0.0158. The van der Waals surface area contributed by atoms with E-state index in [1.807, 2.05) is 0 Å². The zero-order chi connectivity index (χ0) is 11.3. The minimum Gasteiger partial charge on any atom is -0.392 e. The molecular weight excluding hydrogens is 188 g/mol. The maximum atomic E-state index is 10.3. The van der Waals surface area contributed by atoms with E-state index in [0.717, 1.165) is 5.92 Å². The standard InChI is InChI=1S/C13H26O2/c1-4-11-7-5-6-8-12(11)13(14)10(2)9-15-3/h10-14H,4-9H2,1-3H3. The van der Waals surface area contributed by atoms with Crippen molar-refractivity contribution in [1.82, 2.24) is 0 Å². The van der Waals surface area contributed by atoms with Crippen LogP contribution < -0.4 is 0 Å². The van der Waals surface area contributed by atoms with Gasteiger partial charge in [-0.25, -0.2) is 0 Å². The predicted octanol–water partition coefficient (Wildman–Crippen LogP) is 2.85. The molecule has 1 rings (SSSR count). The Morgan fingerprint density at radius 1 is 1.33 bits per heavy atom. The first-order valence-corrected chi connectivity index (χ1v) is 6.37. The van der Waals surface area contributed by atoms with E-state index in [9.17, 15) is 5.11 Å². The summed E-state index contributed by atoms with van der Waals surface area (Å²) >= 11 is 0. The Hall–Kier alpha value is -0.0800. The number of hydrogen-bond donors (Lipinski definition) is 1. The molecule has 4 atom stereocenters. The summed E-state index contributed by atoms with van der Waals surface area (Å²) in [5.41, 5.74) is 0. The van der Waals surface area contributed by atoms with Crippen molar-refractivity contribution < 1.29 is 9.84 Å². The zero-order valence-electron chi connectivity index (χ0n) is 10.4. The van der Waals surface area contributed by atoms with Gasteiger partial charge in [0.25, 0.3) is 0 Å². The molecule has 0 saturated heterocycles. The summed E-state index contributed by atoms with van der Waals surface area (Å²) in [7, 11) is 1.71. The Balaban J connectivity index is 2.50. The molecule has 1 saturated carbocycles. The van der Waals surface area contributed by atoms with Gasteiger partial charge in [-0.05, 0) is 18.3 Å². The third kappa shape index (κ3) is 3.46. The van der Waals surface area contributed by atoms with E-state index in [2.05, 4.69) is 13.8 Å². The molecule has 15 heavy (non-hydrogen) atoms. The fourth-order valence-electron chi connectivity index (χ4n) is 2.98. The average Bonchev–Trinajstić information content (AvgIpc) is 2.28. The van der Waals surface area contributed by atoms with Gasteiger partial charge in [-0.3, -0.25) is 0 Å². The van der Waals surface area contributed by atoms with Crippen LogP contribution in [-0.2, 0) is 4.74 Å². The van der Waals surface area contributed by atoms with E-state index in [1.165, 1.54) is 32.1 Å². The minimum atomic E-state index is -0.171. The van der Waals surface area contributed by atoms with E-state index in [-0.39, 0.29) is 12.0 Å². The number of rotatable bonds is 5. The highest BCUT2D eigenvalue weighted by molar-refractivity contribution is 4.82. The molecule has 2 nitrogen and oxygen atoms in total. The second-order valence-electron chi connectivity index (χ2n) is 5.04. The quantitative estimate of drug-likeness (QED) is 0.762. The highest BCUT2D eigenvalue weighted by atomic mass is 16.5. The smallest absolute Gasteiger partial charge is 0.0618 e. The molecule has 0 heterocycles. The van der Waals surface area contributed by atoms with Gasteiger partial charge in [0.05, 0.1) is 12.7 Å². The van der Waals surface area contributed by atoms with Crippen molar-refractivity contribution in [3.8, 4) is 0 Å². The molecule has 1 aliphatic rings. The van der Waals surface area contributed by atoms with Gasteiger partial charge in [0, 0.05) is 13.0 Å². The lowest BCUT2D eigenvalue weighted by atomic mass is 9.72. The predicted molar refractivity (Wildman–Crippen MR) is 62.8 cm³/mol. The van der Waals surface area contributed by atoms with E-state index in [1.54, 1.807) is 7.11 Å². The second kappa shape index (κ2) is 6.49. The van der Waals surface area contributed by atoms with Gasteiger partial charge in [-0.1, -0.05) is 39.5 Å². The fourth-order valence-corrected chi connectivity index (χ4v) is 2.98. The second-order valence-corrected chi connectivity index (χ2v) is 5.04. The summed E-state index contributed by atoms with van der Waals surface area (Å²) in [4.78, 5) is 0. The normalized spacial score (nSPS) is 31.2. The number of ether oxygens (including phenoxy) is 1. The van der Waals surface area contributed by atoms with Crippen molar-refractivity contribution >= 4 is 0 Å². The van der Waals surface area contributed by atoms with Gasteiger partial charge in [0.2, 0.25) is 0 Å². The van der Waals surface area contributed by atoms with E-state index in [4.69, 9.17) is 4.74 Å². The van der Waals surface area contributed by atoms with Crippen molar-refractivity contribution in [2.45, 2.75) is 52.1 Å². The van der Waals surface area contributed by atoms with Gasteiger partial charge >= 0.3 is 0 Å². The lowest BCUT2D eigenvalue weighted by Gasteiger charge is -2.36. The molecule has 1 aliphatic carbocycles. The van der Waals surface area contributed by atoms with Crippen LogP contribution in [0, 0.1) is 17.8 Å². The summed E-state index contributed by atoms with van der Waals surface area (Å²) in [5.74, 6) is 1.51. The molecular formula is C13H26O2. The van der Waals surface area contributed by atoms with Crippen molar-refractivity contribution in [3.05, 3.63) is 0 Å². The third-order valence-electron chi connectivity index (χ3n) is 3.94. The van der Waals surface area contributed by atoms with Crippen LogP contribution >= 0.6 is 0 Å². The van der Waals surface area contributed by atoms with Gasteiger partial charge in [-0.2, -0.15) is 0 Å². The molecule has 90 valence electrons. The molecule has 1 fully saturated rings. The van der Waals surface area contributed by atoms with Crippen LogP contribution in [0.25, 0.3) is 0 Å². The van der Waals surface area contributed by atoms with Crippen LogP contribution in [0.3, 0.4) is 0 Å². The van der Waals surface area contributed by atoms with Crippen LogP contribution in [-0.4, -0.2) is 24.9 Å². The van der Waals surface area contributed by atoms with Crippen LogP contribution in [0.2, 0.25) is 0 Å². The summed E-state index contributed by atoms with van der Waals surface area (Å²) in [6.07, 6.45) is 6.18. The molecule has 0 amide bonds. The summed E-state index contributed by atoms with van der Waals surface area (Å²) in [6.45, 7) is 5.01. The molecule has 0 aromatic carbocycles. The minimum absolute atomic E-state index is 0.171. The first-order chi connectivity index (χ1) is 7.20. The van der Waals surface area contributed by atoms with Gasteiger partial charge in [0.15, 0.2) is 0 Å². The Morgan fingerprint density at radius 3 is 2.60 bits per heavy atom. The van der Waals surface area contributed by atoms with Crippen LogP contribution in [0.1, 0.15) is 46.0 Å². The Kier molecular flexibility index (Phi) is 5.62. The number of methoxy groups -OCH3 is 1. The van der Waals surface area contributed by atoms with Gasteiger partial charge < -0.3 is 9.84 Å². The summed E-state index contributed by atoms with van der Waals surface area (Å²) in [5, 5.41) is 10.3. The maximum absolute atomic E-state index is 10.3. The first kappa shape index (κ1) is 13.0. The lowest BCUT2D eigenvalue weighted by Crippen LogP contribution is -2.36. The monoisotopic (exact) mass is 214 g/mol. The SMILES string of the molecule is CCC1CCCCC1C(O)C(C)COC. The summed E-state index contributed by atoms with van der Waals surface area (Å²) in [6, 6.07) is 0. The van der Waals surface area contributed by atoms with Crippen molar-refractivity contribution in [1.29, 1.82) is 0 Å². The van der Waals surface area contributed by atoms with Gasteiger partial charge in [0.1, 0.15) is 0 Å². The molecule has 0 bridgehead atoms. The van der Waals surface area contributed by atoms with E-state index >= 15 is 0 Å². The average molecular weight is 214 g/mol. The Morgan fingerprint density at radius 2 is 2.00 bits per heavy atom. The van der Waals surface area contributed by atoms with E-state index in [0.29, 0.717) is 12.5 Å². The molecule has 0 aliphatic heterocycles. The van der Waals surface area contributed by atoms with Gasteiger partial charge in [-0.15, -0.1) is 0 Å². The third-order valence-corrected chi connectivity index (χ3v) is 3.94. The Bertz CT molecular complexity index is 170. The maximum Gasteiger partial charge on any atom is 0.0618 e. The van der Waals surface area contributed by atoms with E-state index < -0.39 is 0 Å². The van der Waals surface area contributed by atoms with Crippen molar-refractivity contribution in [2.75, 3.05) is 13.7 Å². The highest BCUT2D eigenvalue weighted by Crippen LogP contribution is 2.36. The topological polar surface area (TPSA) is 29.5 Å². The fraction of sp³-hybridized carbons (Fsp3) is 1.00. The number of aliphatic hydroxyl groups is 1. The highest BCUT2D eigenvalue weighted by Gasteiger charge is 2.32. The molecule has 0 aromatic rings. The summed E-state index contributed by atoms with van der Waals surface area (Å²) < 4.78 is 5.12. The number of hydrogen-bond acceptors (Lipinski definition) is 2. The molecule has 1 N–H and O–H groups in total. The zero-order valence-corrected chi connectivity index (χ0v) is 10.4. The molecule has 0 aromatic heterocycles. The van der Waals surface area contributed by atoms with Crippen LogP contribution in [0.15, 0.2) is 0 Å². The molecule has 0 radical (unpaired) electrons.